The zero-order valence-corrected chi connectivity index (χ0v) is 8.30. The fourth-order valence-electron chi connectivity index (χ4n) is 1.11. The fraction of sp³-hybridized carbons (Fsp3) is 0.200. The maximum absolute atomic E-state index is 11.7. The summed E-state index contributed by atoms with van der Waals surface area (Å²) in [6, 6.07) is 7.69. The van der Waals surface area contributed by atoms with Crippen molar-refractivity contribution in [2.24, 2.45) is 0 Å². The van der Waals surface area contributed by atoms with Crippen molar-refractivity contribution < 1.29 is 4.79 Å². The Morgan fingerprint density at radius 2 is 1.94 bits per heavy atom. The number of amides is 1. The first-order valence-electron chi connectivity index (χ1n) is 4.41. The van der Waals surface area contributed by atoms with E-state index in [4.69, 9.17) is 10.5 Å². The standard InChI is InChI=1S/C10H8N4O2/c11-4-6-14(7-5-12)10(16)8-2-1-3-9(15)13-8/h1-3H,6-7H2,(H,13,15). The summed E-state index contributed by atoms with van der Waals surface area (Å²) in [7, 11) is 0. The lowest BCUT2D eigenvalue weighted by molar-refractivity contribution is 0.0788. The first kappa shape index (κ1) is 11.5. The molecule has 0 saturated heterocycles. The molecule has 0 atom stereocenters. The summed E-state index contributed by atoms with van der Waals surface area (Å²) in [6.07, 6.45) is 0. The topological polar surface area (TPSA) is 101 Å². The Morgan fingerprint density at radius 1 is 1.31 bits per heavy atom. The van der Waals surface area contributed by atoms with Gasteiger partial charge in [0.15, 0.2) is 0 Å². The van der Waals surface area contributed by atoms with Gasteiger partial charge in [0, 0.05) is 6.07 Å². The number of nitrogens with one attached hydrogen (secondary N) is 1. The number of carbonyl (C=O) groups is 1. The molecule has 1 aromatic heterocycles. The van der Waals surface area contributed by atoms with Gasteiger partial charge in [0.05, 0.1) is 12.1 Å². The van der Waals surface area contributed by atoms with Gasteiger partial charge in [0.1, 0.15) is 18.8 Å². The molecule has 1 N–H and O–H groups in total. The molecule has 0 saturated carbocycles. The van der Waals surface area contributed by atoms with Gasteiger partial charge in [0.2, 0.25) is 5.56 Å². The summed E-state index contributed by atoms with van der Waals surface area (Å²) in [5.74, 6) is -0.541. The van der Waals surface area contributed by atoms with Crippen LogP contribution in [0.15, 0.2) is 23.0 Å². The van der Waals surface area contributed by atoms with Gasteiger partial charge in [-0.2, -0.15) is 10.5 Å². The molecule has 1 amide bonds. The number of pyridine rings is 1. The molecule has 0 aromatic carbocycles. The molecule has 0 aliphatic carbocycles. The number of H-pyrrole nitrogens is 1. The van der Waals surface area contributed by atoms with Crippen molar-refractivity contribution >= 4 is 5.91 Å². The molecule has 0 fully saturated rings. The summed E-state index contributed by atoms with van der Waals surface area (Å²) in [5, 5.41) is 17.0. The lowest BCUT2D eigenvalue weighted by Gasteiger charge is -2.14. The van der Waals surface area contributed by atoms with Gasteiger partial charge in [-0.15, -0.1) is 0 Å². The predicted molar refractivity (Wildman–Crippen MR) is 54.2 cm³/mol. The highest BCUT2D eigenvalue weighted by atomic mass is 16.2. The Bertz CT molecular complexity index is 505. The van der Waals surface area contributed by atoms with Crippen LogP contribution in [0.2, 0.25) is 0 Å². The molecule has 0 aliphatic rings. The van der Waals surface area contributed by atoms with E-state index in [2.05, 4.69) is 4.98 Å². The van der Waals surface area contributed by atoms with Crippen molar-refractivity contribution in [1.29, 1.82) is 10.5 Å². The summed E-state index contributed by atoms with van der Waals surface area (Å²) in [5.41, 5.74) is -0.335. The lowest BCUT2D eigenvalue weighted by Crippen LogP contribution is -2.33. The third-order valence-corrected chi connectivity index (χ3v) is 1.81. The van der Waals surface area contributed by atoms with E-state index >= 15 is 0 Å². The van der Waals surface area contributed by atoms with Crippen molar-refractivity contribution in [2.75, 3.05) is 13.1 Å². The summed E-state index contributed by atoms with van der Waals surface area (Å²) >= 11 is 0. The quantitative estimate of drug-likeness (QED) is 0.710. The summed E-state index contributed by atoms with van der Waals surface area (Å²) < 4.78 is 0. The number of aromatic amines is 1. The van der Waals surface area contributed by atoms with E-state index in [1.165, 1.54) is 18.2 Å². The number of carbonyl (C=O) groups excluding carboxylic acids is 1. The Morgan fingerprint density at radius 3 is 2.44 bits per heavy atom. The van der Waals surface area contributed by atoms with Gasteiger partial charge >= 0.3 is 0 Å². The molecule has 16 heavy (non-hydrogen) atoms. The normalized spacial score (nSPS) is 8.88. The molecular weight excluding hydrogens is 208 g/mol. The maximum atomic E-state index is 11.7. The monoisotopic (exact) mass is 216 g/mol. The zero-order chi connectivity index (χ0) is 12.0. The van der Waals surface area contributed by atoms with Crippen LogP contribution in [0.3, 0.4) is 0 Å². The van der Waals surface area contributed by atoms with Gasteiger partial charge in [-0.1, -0.05) is 6.07 Å². The number of hydrogen-bond donors (Lipinski definition) is 1. The highest BCUT2D eigenvalue weighted by Gasteiger charge is 2.15. The molecule has 0 radical (unpaired) electrons. The van der Waals surface area contributed by atoms with Crippen LogP contribution in [-0.2, 0) is 0 Å². The van der Waals surface area contributed by atoms with Gasteiger partial charge in [-0.05, 0) is 6.07 Å². The minimum Gasteiger partial charge on any atom is -0.318 e. The van der Waals surface area contributed by atoms with Crippen LogP contribution in [0.1, 0.15) is 10.5 Å². The zero-order valence-electron chi connectivity index (χ0n) is 8.30. The number of rotatable bonds is 3. The van der Waals surface area contributed by atoms with Gasteiger partial charge in [-0.3, -0.25) is 9.59 Å². The molecule has 80 valence electrons. The minimum atomic E-state index is -0.541. The van der Waals surface area contributed by atoms with Gasteiger partial charge < -0.3 is 9.88 Å². The van der Waals surface area contributed by atoms with Crippen molar-refractivity contribution in [3.63, 3.8) is 0 Å². The second-order valence-electron chi connectivity index (χ2n) is 2.91. The maximum Gasteiger partial charge on any atom is 0.272 e. The summed E-state index contributed by atoms with van der Waals surface area (Å²) in [6.45, 7) is -0.382. The van der Waals surface area contributed by atoms with Crippen LogP contribution < -0.4 is 5.56 Å². The molecule has 6 heteroatoms. The molecule has 0 unspecified atom stereocenters. The highest BCUT2D eigenvalue weighted by Crippen LogP contribution is 1.98. The smallest absolute Gasteiger partial charge is 0.272 e. The minimum absolute atomic E-state index is 0.0676. The largest absolute Gasteiger partial charge is 0.318 e. The average Bonchev–Trinajstić information content (AvgIpc) is 2.28. The second kappa shape index (κ2) is 5.32. The van der Waals surface area contributed by atoms with Gasteiger partial charge in [0.25, 0.3) is 5.91 Å². The average molecular weight is 216 g/mol. The van der Waals surface area contributed by atoms with Crippen LogP contribution in [-0.4, -0.2) is 28.9 Å². The van der Waals surface area contributed by atoms with E-state index in [0.29, 0.717) is 0 Å². The van der Waals surface area contributed by atoms with Crippen molar-refractivity contribution in [3.8, 4) is 12.1 Å². The third-order valence-electron chi connectivity index (χ3n) is 1.81. The fourth-order valence-corrected chi connectivity index (χ4v) is 1.11. The van der Waals surface area contributed by atoms with Crippen molar-refractivity contribution in [2.45, 2.75) is 0 Å². The third kappa shape index (κ3) is 2.69. The van der Waals surface area contributed by atoms with Crippen LogP contribution in [0.25, 0.3) is 0 Å². The van der Waals surface area contributed by atoms with Gasteiger partial charge in [-0.25, -0.2) is 0 Å². The Balaban J connectivity index is 2.96. The van der Waals surface area contributed by atoms with E-state index in [-0.39, 0.29) is 18.8 Å². The predicted octanol–water partition coefficient (Wildman–Crippen LogP) is -0.136. The first-order valence-corrected chi connectivity index (χ1v) is 4.41. The SMILES string of the molecule is N#CCN(CC#N)C(=O)c1cccc(=O)[nH]1. The Labute approximate surface area is 91.3 Å². The molecule has 0 aliphatic heterocycles. The van der Waals surface area contributed by atoms with Crippen molar-refractivity contribution in [3.05, 3.63) is 34.2 Å². The Hall–Kier alpha value is -2.60. The van der Waals surface area contributed by atoms with Crippen LogP contribution >= 0.6 is 0 Å². The summed E-state index contributed by atoms with van der Waals surface area (Å²) in [4.78, 5) is 26.1. The first-order chi connectivity index (χ1) is 7.69. The highest BCUT2D eigenvalue weighted by molar-refractivity contribution is 5.92. The van der Waals surface area contributed by atoms with E-state index in [1.54, 1.807) is 12.1 Å². The van der Waals surface area contributed by atoms with Crippen molar-refractivity contribution in [1.82, 2.24) is 9.88 Å². The number of nitriles is 2. The van der Waals surface area contributed by atoms with Crippen LogP contribution in [0.5, 0.6) is 0 Å². The molecular formula is C10H8N4O2. The lowest BCUT2D eigenvalue weighted by atomic mass is 10.3. The Kier molecular flexibility index (Phi) is 3.82. The molecule has 1 rings (SSSR count). The van der Waals surface area contributed by atoms with E-state index in [1.807, 2.05) is 0 Å². The molecule has 0 bridgehead atoms. The number of aromatic nitrogens is 1. The van der Waals surface area contributed by atoms with Crippen LogP contribution in [0.4, 0.5) is 0 Å². The molecule has 0 spiro atoms. The van der Waals surface area contributed by atoms with E-state index in [0.717, 1.165) is 4.90 Å². The molecule has 1 aromatic rings. The molecule has 6 nitrogen and oxygen atoms in total. The van der Waals surface area contributed by atoms with Crippen LogP contribution in [0, 0.1) is 22.7 Å². The van der Waals surface area contributed by atoms with E-state index in [9.17, 15) is 9.59 Å². The molecule has 1 heterocycles. The van der Waals surface area contributed by atoms with E-state index < -0.39 is 11.5 Å². The number of hydrogen-bond acceptors (Lipinski definition) is 4. The second-order valence-corrected chi connectivity index (χ2v) is 2.91. The number of nitrogens with zero attached hydrogens (tertiary/aromatic N) is 3.